The van der Waals surface area contributed by atoms with Crippen molar-refractivity contribution >= 4 is 6.29 Å². The molecule has 16 heavy (non-hydrogen) atoms. The summed E-state index contributed by atoms with van der Waals surface area (Å²) in [4.78, 5) is 13.9. The molecule has 0 aromatic heterocycles. The van der Waals surface area contributed by atoms with E-state index in [4.69, 9.17) is 0 Å². The molecule has 0 heterocycles. The fourth-order valence-electron chi connectivity index (χ4n) is 3.44. The van der Waals surface area contributed by atoms with E-state index in [2.05, 4.69) is 18.9 Å². The molecular weight excluding hydrogens is 198 g/mol. The van der Waals surface area contributed by atoms with Crippen LogP contribution in [-0.2, 0) is 4.79 Å². The van der Waals surface area contributed by atoms with Crippen LogP contribution in [0, 0.1) is 11.3 Å². The molecule has 0 aromatic carbocycles. The molecule has 2 heteroatoms. The summed E-state index contributed by atoms with van der Waals surface area (Å²) in [6, 6.07) is 0.758. The zero-order chi connectivity index (χ0) is 11.6. The summed E-state index contributed by atoms with van der Waals surface area (Å²) in [5.74, 6) is 0.730. The van der Waals surface area contributed by atoms with Crippen LogP contribution in [0.1, 0.15) is 51.9 Å². The van der Waals surface area contributed by atoms with Gasteiger partial charge in [0.15, 0.2) is 0 Å². The Morgan fingerprint density at radius 1 is 1.31 bits per heavy atom. The minimum Gasteiger partial charge on any atom is -0.303 e. The van der Waals surface area contributed by atoms with Gasteiger partial charge in [0.2, 0.25) is 0 Å². The summed E-state index contributed by atoms with van der Waals surface area (Å²) < 4.78 is 0. The minimum absolute atomic E-state index is 0.0258. The van der Waals surface area contributed by atoms with Gasteiger partial charge in [0.1, 0.15) is 6.29 Å². The normalized spacial score (nSPS) is 36.1. The molecule has 0 amide bonds. The highest BCUT2D eigenvalue weighted by atomic mass is 16.1. The lowest BCUT2D eigenvalue weighted by molar-refractivity contribution is -0.120. The van der Waals surface area contributed by atoms with Crippen molar-refractivity contribution in [3.05, 3.63) is 0 Å². The van der Waals surface area contributed by atoms with Gasteiger partial charge in [-0.05, 0) is 38.6 Å². The molecule has 0 aromatic rings. The van der Waals surface area contributed by atoms with Crippen molar-refractivity contribution in [2.24, 2.45) is 11.3 Å². The summed E-state index contributed by atoms with van der Waals surface area (Å²) in [6.07, 6.45) is 10.1. The van der Waals surface area contributed by atoms with Crippen LogP contribution in [0.4, 0.5) is 0 Å². The third kappa shape index (κ3) is 2.48. The van der Waals surface area contributed by atoms with Crippen molar-refractivity contribution < 1.29 is 4.79 Å². The summed E-state index contributed by atoms with van der Waals surface area (Å²) in [5.41, 5.74) is -0.0258. The Balaban J connectivity index is 1.94. The maximum atomic E-state index is 11.5. The van der Waals surface area contributed by atoms with Gasteiger partial charge in [0.05, 0.1) is 0 Å². The van der Waals surface area contributed by atoms with E-state index in [1.807, 2.05) is 0 Å². The van der Waals surface area contributed by atoms with Crippen molar-refractivity contribution in [3.8, 4) is 0 Å². The monoisotopic (exact) mass is 223 g/mol. The average molecular weight is 223 g/mol. The molecule has 0 spiro atoms. The zero-order valence-electron chi connectivity index (χ0n) is 10.7. The third-order valence-electron chi connectivity index (χ3n) is 4.64. The van der Waals surface area contributed by atoms with Gasteiger partial charge in [0, 0.05) is 18.0 Å². The van der Waals surface area contributed by atoms with Gasteiger partial charge in [-0.3, -0.25) is 0 Å². The Hall–Kier alpha value is -0.370. The lowest BCUT2D eigenvalue weighted by Gasteiger charge is -2.43. The number of nitrogens with zero attached hydrogens (tertiary/aromatic N) is 1. The molecule has 2 aliphatic carbocycles. The van der Waals surface area contributed by atoms with E-state index in [0.717, 1.165) is 31.3 Å². The van der Waals surface area contributed by atoms with Crippen molar-refractivity contribution in [3.63, 3.8) is 0 Å². The van der Waals surface area contributed by atoms with Crippen LogP contribution in [0.15, 0.2) is 0 Å². The summed E-state index contributed by atoms with van der Waals surface area (Å²) >= 11 is 0. The molecule has 2 rings (SSSR count). The fourth-order valence-corrected chi connectivity index (χ4v) is 3.44. The lowest BCUT2D eigenvalue weighted by atomic mass is 9.70. The summed E-state index contributed by atoms with van der Waals surface area (Å²) in [5, 5.41) is 0. The van der Waals surface area contributed by atoms with Crippen LogP contribution in [0.3, 0.4) is 0 Å². The number of rotatable bonds is 4. The molecule has 2 fully saturated rings. The molecule has 2 unspecified atom stereocenters. The number of hydrogen-bond donors (Lipinski definition) is 0. The fraction of sp³-hybridized carbons (Fsp3) is 0.929. The summed E-state index contributed by atoms with van der Waals surface area (Å²) in [7, 11) is 2.20. The van der Waals surface area contributed by atoms with Crippen LogP contribution < -0.4 is 0 Å². The Bertz CT molecular complexity index is 249. The standard InChI is InChI=1S/C14H25NO/c1-12-5-4-8-14(9-12,11-16)10-15(2)13-6-3-7-13/h11-13H,3-10H2,1-2H3. The second-order valence-corrected chi connectivity index (χ2v) is 6.18. The highest BCUT2D eigenvalue weighted by Crippen LogP contribution is 2.39. The maximum absolute atomic E-state index is 11.5. The number of hydrogen-bond acceptors (Lipinski definition) is 2. The van der Waals surface area contributed by atoms with Gasteiger partial charge in [0.25, 0.3) is 0 Å². The van der Waals surface area contributed by atoms with Crippen LogP contribution in [0.25, 0.3) is 0 Å². The van der Waals surface area contributed by atoms with Gasteiger partial charge in [-0.2, -0.15) is 0 Å². The van der Waals surface area contributed by atoms with Gasteiger partial charge >= 0.3 is 0 Å². The first-order chi connectivity index (χ1) is 7.65. The van der Waals surface area contributed by atoms with E-state index in [1.165, 1.54) is 38.4 Å². The topological polar surface area (TPSA) is 20.3 Å². The highest BCUT2D eigenvalue weighted by molar-refractivity contribution is 5.60. The molecule has 0 N–H and O–H groups in total. The SMILES string of the molecule is CC1CCCC(C=O)(CN(C)C2CCC2)C1. The first-order valence-corrected chi connectivity index (χ1v) is 6.82. The quantitative estimate of drug-likeness (QED) is 0.683. The molecule has 0 radical (unpaired) electrons. The number of aldehydes is 1. The molecule has 0 aliphatic heterocycles. The van der Waals surface area contributed by atoms with Crippen LogP contribution >= 0.6 is 0 Å². The number of carbonyl (C=O) groups excluding carboxylic acids is 1. The predicted molar refractivity (Wildman–Crippen MR) is 66.4 cm³/mol. The second kappa shape index (κ2) is 4.87. The van der Waals surface area contributed by atoms with Gasteiger partial charge in [-0.25, -0.2) is 0 Å². The maximum Gasteiger partial charge on any atom is 0.127 e. The van der Waals surface area contributed by atoms with Crippen molar-refractivity contribution in [2.75, 3.05) is 13.6 Å². The second-order valence-electron chi connectivity index (χ2n) is 6.18. The largest absolute Gasteiger partial charge is 0.303 e. The van der Waals surface area contributed by atoms with Crippen LogP contribution in [0.5, 0.6) is 0 Å². The van der Waals surface area contributed by atoms with E-state index < -0.39 is 0 Å². The van der Waals surface area contributed by atoms with Gasteiger partial charge in [-0.15, -0.1) is 0 Å². The van der Waals surface area contributed by atoms with E-state index in [-0.39, 0.29) is 5.41 Å². The van der Waals surface area contributed by atoms with Crippen LogP contribution in [-0.4, -0.2) is 30.8 Å². The summed E-state index contributed by atoms with van der Waals surface area (Å²) in [6.45, 7) is 3.28. The molecule has 92 valence electrons. The van der Waals surface area contributed by atoms with Gasteiger partial charge < -0.3 is 9.69 Å². The van der Waals surface area contributed by atoms with E-state index in [9.17, 15) is 4.79 Å². The molecule has 0 saturated heterocycles. The van der Waals surface area contributed by atoms with E-state index >= 15 is 0 Å². The van der Waals surface area contributed by atoms with Gasteiger partial charge in [-0.1, -0.05) is 26.2 Å². The van der Waals surface area contributed by atoms with Crippen LogP contribution in [0.2, 0.25) is 0 Å². The highest BCUT2D eigenvalue weighted by Gasteiger charge is 2.37. The minimum atomic E-state index is -0.0258. The molecule has 2 atom stereocenters. The Labute approximate surface area is 99.4 Å². The van der Waals surface area contributed by atoms with E-state index in [1.54, 1.807) is 0 Å². The average Bonchev–Trinajstić information content (AvgIpc) is 2.14. The first kappa shape index (κ1) is 12.1. The van der Waals surface area contributed by atoms with Crippen molar-refractivity contribution in [1.82, 2.24) is 4.90 Å². The smallest absolute Gasteiger partial charge is 0.127 e. The third-order valence-corrected chi connectivity index (χ3v) is 4.64. The Kier molecular flexibility index (Phi) is 3.68. The molecule has 2 nitrogen and oxygen atoms in total. The van der Waals surface area contributed by atoms with Crippen molar-refractivity contribution in [1.29, 1.82) is 0 Å². The Morgan fingerprint density at radius 3 is 2.56 bits per heavy atom. The van der Waals surface area contributed by atoms with E-state index in [0.29, 0.717) is 0 Å². The zero-order valence-corrected chi connectivity index (χ0v) is 10.7. The lowest BCUT2D eigenvalue weighted by Crippen LogP contribution is -2.46. The predicted octanol–water partition coefficient (Wildman–Crippen LogP) is 2.87. The molecule has 0 bridgehead atoms. The van der Waals surface area contributed by atoms with Crippen molar-refractivity contribution in [2.45, 2.75) is 57.9 Å². The molecule has 2 aliphatic rings. The number of carbonyl (C=O) groups is 1. The first-order valence-electron chi connectivity index (χ1n) is 6.82. The molecular formula is C14H25NO. The molecule has 2 saturated carbocycles. The Morgan fingerprint density at radius 2 is 2.06 bits per heavy atom.